The van der Waals surface area contributed by atoms with Gasteiger partial charge in [-0.1, -0.05) is 0 Å². The number of hydrogen-bond acceptors (Lipinski definition) is 8. The molecule has 26 heavy (non-hydrogen) atoms. The van der Waals surface area contributed by atoms with Crippen molar-refractivity contribution in [3.63, 3.8) is 0 Å². The van der Waals surface area contributed by atoms with E-state index < -0.39 is 29.2 Å². The zero-order valence-electron chi connectivity index (χ0n) is 13.7. The number of aromatic nitrogens is 3. The number of carbonyl (C=O) groups is 3. The molecular weight excluding hydrogens is 380 g/mol. The van der Waals surface area contributed by atoms with E-state index >= 15 is 0 Å². The first-order valence-electron chi connectivity index (χ1n) is 7.52. The lowest BCUT2D eigenvalue weighted by molar-refractivity contribution is -0.150. The SMILES string of the molecule is Cc1nc(SC2=C(C(=O)O)N3C(=O)C(NC(=O)CC#N)[C@H]3SC2C)n[nH]1. The van der Waals surface area contributed by atoms with Gasteiger partial charge in [0.25, 0.3) is 5.91 Å². The fourth-order valence-electron chi connectivity index (χ4n) is 2.66. The maximum atomic E-state index is 12.4. The first-order valence-corrected chi connectivity index (χ1v) is 9.28. The van der Waals surface area contributed by atoms with Gasteiger partial charge < -0.3 is 10.4 Å². The molecule has 0 bridgehead atoms. The van der Waals surface area contributed by atoms with Gasteiger partial charge in [-0.3, -0.25) is 19.6 Å². The Morgan fingerprint density at radius 2 is 2.27 bits per heavy atom. The van der Waals surface area contributed by atoms with Crippen LogP contribution in [0.2, 0.25) is 0 Å². The molecule has 0 saturated carbocycles. The molecule has 1 saturated heterocycles. The van der Waals surface area contributed by atoms with Crippen molar-refractivity contribution in [2.75, 3.05) is 0 Å². The van der Waals surface area contributed by atoms with Gasteiger partial charge in [0.15, 0.2) is 0 Å². The Morgan fingerprint density at radius 3 is 2.85 bits per heavy atom. The third kappa shape index (κ3) is 3.15. The van der Waals surface area contributed by atoms with E-state index in [0.29, 0.717) is 15.9 Å². The number of nitrogens with one attached hydrogen (secondary N) is 2. The number of H-pyrrole nitrogens is 1. The summed E-state index contributed by atoms with van der Waals surface area (Å²) < 4.78 is 0. The number of hydrogen-bond donors (Lipinski definition) is 3. The molecule has 1 aromatic rings. The zero-order valence-corrected chi connectivity index (χ0v) is 15.3. The van der Waals surface area contributed by atoms with Crippen LogP contribution in [0.1, 0.15) is 19.2 Å². The first kappa shape index (κ1) is 18.3. The minimum absolute atomic E-state index is 0.121. The average molecular weight is 394 g/mol. The molecule has 12 heteroatoms. The van der Waals surface area contributed by atoms with Gasteiger partial charge in [-0.2, -0.15) is 5.26 Å². The Kier molecular flexibility index (Phi) is 4.92. The number of fused-ring (bicyclic) bond motifs is 1. The molecule has 136 valence electrons. The molecule has 3 heterocycles. The second-order valence-corrected chi connectivity index (χ2v) is 8.05. The summed E-state index contributed by atoms with van der Waals surface area (Å²) in [5.74, 6) is -1.70. The number of carboxylic acids is 1. The third-order valence-electron chi connectivity index (χ3n) is 3.77. The lowest BCUT2D eigenvalue weighted by Crippen LogP contribution is -2.71. The number of aryl methyl sites for hydroxylation is 1. The predicted octanol–water partition coefficient (Wildman–Crippen LogP) is 0.203. The monoisotopic (exact) mass is 394 g/mol. The van der Waals surface area contributed by atoms with E-state index in [-0.39, 0.29) is 17.4 Å². The third-order valence-corrected chi connectivity index (χ3v) is 6.45. The molecule has 1 aromatic heterocycles. The number of nitriles is 1. The number of aliphatic carboxylic acids is 1. The molecule has 0 aliphatic carbocycles. The van der Waals surface area contributed by atoms with Crippen LogP contribution in [0.3, 0.4) is 0 Å². The number of rotatable bonds is 5. The largest absolute Gasteiger partial charge is 0.477 e. The number of amides is 2. The Bertz CT molecular complexity index is 860. The summed E-state index contributed by atoms with van der Waals surface area (Å²) in [6.45, 7) is 3.55. The Balaban J connectivity index is 1.88. The van der Waals surface area contributed by atoms with Crippen LogP contribution in [-0.2, 0) is 14.4 Å². The minimum atomic E-state index is -1.23. The summed E-state index contributed by atoms with van der Waals surface area (Å²) in [4.78, 5) is 41.7. The molecule has 0 spiro atoms. The van der Waals surface area contributed by atoms with Crippen LogP contribution in [0.25, 0.3) is 0 Å². The van der Waals surface area contributed by atoms with Crippen molar-refractivity contribution < 1.29 is 19.5 Å². The van der Waals surface area contributed by atoms with Crippen LogP contribution in [0.4, 0.5) is 0 Å². The topological polar surface area (TPSA) is 152 Å². The molecule has 3 rings (SSSR count). The summed E-state index contributed by atoms with van der Waals surface area (Å²) in [5, 5.41) is 27.0. The van der Waals surface area contributed by atoms with E-state index in [0.717, 1.165) is 11.8 Å². The molecule has 3 N–H and O–H groups in total. The quantitative estimate of drug-likeness (QED) is 0.595. The van der Waals surface area contributed by atoms with Crippen LogP contribution in [0.5, 0.6) is 0 Å². The lowest BCUT2D eigenvalue weighted by atomic mass is 10.0. The van der Waals surface area contributed by atoms with E-state index in [9.17, 15) is 19.5 Å². The van der Waals surface area contributed by atoms with E-state index in [1.807, 2.05) is 6.92 Å². The molecule has 2 unspecified atom stereocenters. The molecule has 0 aromatic carbocycles. The minimum Gasteiger partial charge on any atom is -0.477 e. The number of nitrogens with zero attached hydrogens (tertiary/aromatic N) is 4. The van der Waals surface area contributed by atoms with Gasteiger partial charge in [0, 0.05) is 10.2 Å². The number of carboxylic acid groups (broad SMARTS) is 1. The highest BCUT2D eigenvalue weighted by Crippen LogP contribution is 2.48. The van der Waals surface area contributed by atoms with Gasteiger partial charge in [0.05, 0.1) is 6.07 Å². The molecule has 10 nitrogen and oxygen atoms in total. The van der Waals surface area contributed by atoms with Crippen molar-refractivity contribution >= 4 is 41.3 Å². The van der Waals surface area contributed by atoms with Crippen molar-refractivity contribution in [2.24, 2.45) is 0 Å². The normalized spacial score (nSPS) is 24.6. The van der Waals surface area contributed by atoms with Gasteiger partial charge in [-0.05, 0) is 25.6 Å². The van der Waals surface area contributed by atoms with Crippen LogP contribution >= 0.6 is 23.5 Å². The molecule has 2 amide bonds. The Morgan fingerprint density at radius 1 is 1.54 bits per heavy atom. The summed E-state index contributed by atoms with van der Waals surface area (Å²) in [6.07, 6.45) is -0.358. The van der Waals surface area contributed by atoms with Gasteiger partial charge in [0.1, 0.15) is 29.4 Å². The average Bonchev–Trinajstić information content (AvgIpc) is 2.99. The second kappa shape index (κ2) is 7.00. The Labute approximate surface area is 156 Å². The van der Waals surface area contributed by atoms with Crippen molar-refractivity contribution in [1.29, 1.82) is 5.26 Å². The van der Waals surface area contributed by atoms with Crippen molar-refractivity contribution in [1.82, 2.24) is 25.4 Å². The Hall–Kier alpha value is -2.52. The van der Waals surface area contributed by atoms with Crippen molar-refractivity contribution in [3.8, 4) is 6.07 Å². The van der Waals surface area contributed by atoms with Crippen molar-refractivity contribution in [2.45, 2.75) is 42.1 Å². The van der Waals surface area contributed by atoms with Crippen LogP contribution in [-0.4, -0.2) is 59.6 Å². The maximum Gasteiger partial charge on any atom is 0.353 e. The summed E-state index contributed by atoms with van der Waals surface area (Å²) in [6, 6.07) is 0.875. The molecular formula is C14H14N6O4S2. The fourth-order valence-corrected chi connectivity index (χ4v) is 5.21. The van der Waals surface area contributed by atoms with Crippen LogP contribution < -0.4 is 5.32 Å². The van der Waals surface area contributed by atoms with Crippen LogP contribution in [0.15, 0.2) is 15.8 Å². The number of thioether (sulfide) groups is 2. The van der Waals surface area contributed by atoms with E-state index in [2.05, 4.69) is 20.5 Å². The number of β-lactam (4-membered cyclic amide) rings is 1. The zero-order chi connectivity index (χ0) is 19.0. The van der Waals surface area contributed by atoms with Gasteiger partial charge in [0.2, 0.25) is 11.1 Å². The highest BCUT2D eigenvalue weighted by molar-refractivity contribution is 8.06. The van der Waals surface area contributed by atoms with Crippen molar-refractivity contribution in [3.05, 3.63) is 16.4 Å². The van der Waals surface area contributed by atoms with Gasteiger partial charge in [-0.25, -0.2) is 9.78 Å². The summed E-state index contributed by atoms with van der Waals surface area (Å²) in [5.41, 5.74) is -0.121. The highest BCUT2D eigenvalue weighted by Gasteiger charge is 2.55. The van der Waals surface area contributed by atoms with E-state index in [1.54, 1.807) is 13.0 Å². The molecule has 2 aliphatic rings. The van der Waals surface area contributed by atoms with E-state index in [1.165, 1.54) is 16.7 Å². The number of carbonyl (C=O) groups excluding carboxylic acids is 2. The van der Waals surface area contributed by atoms with Crippen LogP contribution in [0, 0.1) is 18.3 Å². The molecule has 0 radical (unpaired) electrons. The molecule has 2 aliphatic heterocycles. The maximum absolute atomic E-state index is 12.4. The fraction of sp³-hybridized carbons (Fsp3) is 0.429. The first-order chi connectivity index (χ1) is 12.3. The second-order valence-electron chi connectivity index (χ2n) is 5.58. The smallest absolute Gasteiger partial charge is 0.353 e. The highest BCUT2D eigenvalue weighted by atomic mass is 32.2. The summed E-state index contributed by atoms with van der Waals surface area (Å²) >= 11 is 2.46. The molecule has 3 atom stereocenters. The lowest BCUT2D eigenvalue weighted by Gasteiger charge is -2.50. The predicted molar refractivity (Wildman–Crippen MR) is 91.5 cm³/mol. The number of aromatic amines is 1. The van der Waals surface area contributed by atoms with Gasteiger partial charge in [-0.15, -0.1) is 16.9 Å². The van der Waals surface area contributed by atoms with Gasteiger partial charge >= 0.3 is 5.97 Å². The molecule has 1 fully saturated rings. The summed E-state index contributed by atoms with van der Waals surface area (Å²) in [7, 11) is 0. The standard InChI is InChI=1S/C14H14N6O4S2/c1-5-10(26-14-16-6(2)18-19-14)9(13(23)24)20-11(22)8(12(20)25-5)17-7(21)3-4-15/h5,8,12H,3H2,1-2H3,(H,17,21)(H,23,24)(H,16,18,19)/t5?,8?,12-/m1/s1. The van der Waals surface area contributed by atoms with E-state index in [4.69, 9.17) is 5.26 Å².